The molecule has 0 amide bonds. The monoisotopic (exact) mass is 181 g/mol. The van der Waals surface area contributed by atoms with Gasteiger partial charge in [-0.15, -0.1) is 0 Å². The third kappa shape index (κ3) is 2.64. The molecule has 0 aliphatic rings. The smallest absolute Gasteiger partial charge is 0.307 e. The summed E-state index contributed by atoms with van der Waals surface area (Å²) in [6.45, 7) is 0. The van der Waals surface area contributed by atoms with Gasteiger partial charge < -0.3 is 16.3 Å². The maximum Gasteiger partial charge on any atom is 0.307 e. The van der Waals surface area contributed by atoms with E-state index in [0.717, 1.165) is 0 Å². The highest BCUT2D eigenvalue weighted by atomic mass is 16.4. The molecule has 0 radical (unpaired) electrons. The van der Waals surface area contributed by atoms with Gasteiger partial charge in [-0.2, -0.15) is 0 Å². The molecule has 70 valence electrons. The summed E-state index contributed by atoms with van der Waals surface area (Å²) in [4.78, 5) is 10.4. The molecule has 0 aliphatic carbocycles. The fraction of sp³-hybridized carbons (Fsp3) is 0.125. The number of rotatable bonds is 3. The second kappa shape index (κ2) is 3.77. The number of carboxylic acids is 1. The summed E-state index contributed by atoms with van der Waals surface area (Å²) in [5, 5.41) is 8.53. The number of nitrogens with one attached hydrogen (secondary N) is 1. The maximum absolute atomic E-state index is 10.4. The van der Waals surface area contributed by atoms with E-state index in [1.165, 1.54) is 0 Å². The predicted octanol–water partition coefficient (Wildman–Crippen LogP) is 0.181. The Bertz CT molecular complexity index is 325. The van der Waals surface area contributed by atoms with Crippen LogP contribution in [0.1, 0.15) is 5.56 Å². The SMILES string of the molecule is NNc1cc(N)cc(CC(=O)O)c1. The van der Waals surface area contributed by atoms with Crippen molar-refractivity contribution >= 4 is 17.3 Å². The van der Waals surface area contributed by atoms with Crippen LogP contribution in [0, 0.1) is 0 Å². The largest absolute Gasteiger partial charge is 0.481 e. The van der Waals surface area contributed by atoms with Gasteiger partial charge in [-0.3, -0.25) is 10.6 Å². The highest BCUT2D eigenvalue weighted by Gasteiger charge is 2.02. The lowest BCUT2D eigenvalue weighted by molar-refractivity contribution is -0.136. The Kier molecular flexibility index (Phi) is 2.71. The second-order valence-corrected chi connectivity index (χ2v) is 2.68. The Hall–Kier alpha value is -1.75. The highest BCUT2D eigenvalue weighted by Crippen LogP contribution is 2.15. The molecular weight excluding hydrogens is 170 g/mol. The zero-order valence-electron chi connectivity index (χ0n) is 6.95. The fourth-order valence-corrected chi connectivity index (χ4v) is 1.08. The minimum Gasteiger partial charge on any atom is -0.481 e. The third-order valence-electron chi connectivity index (χ3n) is 1.54. The first-order valence-electron chi connectivity index (χ1n) is 3.69. The number of benzene rings is 1. The Morgan fingerprint density at radius 2 is 2.15 bits per heavy atom. The molecule has 0 spiro atoms. The summed E-state index contributed by atoms with van der Waals surface area (Å²) < 4.78 is 0. The van der Waals surface area contributed by atoms with Crippen molar-refractivity contribution in [3.8, 4) is 0 Å². The number of carbonyl (C=O) groups is 1. The molecule has 0 aliphatic heterocycles. The van der Waals surface area contributed by atoms with Crippen molar-refractivity contribution < 1.29 is 9.90 Å². The lowest BCUT2D eigenvalue weighted by Crippen LogP contribution is -2.08. The predicted molar refractivity (Wildman–Crippen MR) is 50.0 cm³/mol. The van der Waals surface area contributed by atoms with Gasteiger partial charge in [-0.1, -0.05) is 0 Å². The average Bonchev–Trinajstić information content (AvgIpc) is 2.01. The van der Waals surface area contributed by atoms with Crippen molar-refractivity contribution in [1.82, 2.24) is 0 Å². The lowest BCUT2D eigenvalue weighted by Gasteiger charge is -2.04. The number of hydrazine groups is 1. The van der Waals surface area contributed by atoms with Crippen molar-refractivity contribution in [2.75, 3.05) is 11.2 Å². The van der Waals surface area contributed by atoms with Crippen LogP contribution in [0.4, 0.5) is 11.4 Å². The standard InChI is InChI=1S/C8H11N3O2/c9-6-1-5(3-8(12)13)2-7(4-6)11-10/h1-2,4,11H,3,9-10H2,(H,12,13). The fourth-order valence-electron chi connectivity index (χ4n) is 1.08. The van der Waals surface area contributed by atoms with Crippen LogP contribution in [-0.2, 0) is 11.2 Å². The van der Waals surface area contributed by atoms with Gasteiger partial charge in [0.05, 0.1) is 12.1 Å². The van der Waals surface area contributed by atoms with E-state index >= 15 is 0 Å². The summed E-state index contributed by atoms with van der Waals surface area (Å²) in [6.07, 6.45) is -0.0558. The van der Waals surface area contributed by atoms with Gasteiger partial charge >= 0.3 is 5.97 Å². The van der Waals surface area contributed by atoms with E-state index in [2.05, 4.69) is 5.43 Å². The molecule has 0 saturated heterocycles. The Morgan fingerprint density at radius 1 is 1.46 bits per heavy atom. The van der Waals surface area contributed by atoms with Crippen LogP contribution in [0.2, 0.25) is 0 Å². The molecule has 0 aromatic heterocycles. The summed E-state index contributed by atoms with van der Waals surface area (Å²) >= 11 is 0. The van der Waals surface area contributed by atoms with Gasteiger partial charge in [-0.25, -0.2) is 0 Å². The minimum absolute atomic E-state index is 0.0558. The quantitative estimate of drug-likeness (QED) is 0.303. The molecule has 0 fully saturated rings. The maximum atomic E-state index is 10.4. The van der Waals surface area contributed by atoms with Crippen LogP contribution in [-0.4, -0.2) is 11.1 Å². The number of anilines is 2. The summed E-state index contributed by atoms with van der Waals surface area (Å²) in [7, 11) is 0. The van der Waals surface area contributed by atoms with Gasteiger partial charge in [0.25, 0.3) is 0 Å². The molecule has 6 N–H and O–H groups in total. The summed E-state index contributed by atoms with van der Waals surface area (Å²) in [5.41, 5.74) is 9.66. The van der Waals surface area contributed by atoms with E-state index < -0.39 is 5.97 Å². The Balaban J connectivity index is 2.94. The zero-order chi connectivity index (χ0) is 9.84. The van der Waals surface area contributed by atoms with Crippen LogP contribution in [0.5, 0.6) is 0 Å². The second-order valence-electron chi connectivity index (χ2n) is 2.68. The first-order valence-corrected chi connectivity index (χ1v) is 3.69. The van der Waals surface area contributed by atoms with E-state index in [9.17, 15) is 4.79 Å². The highest BCUT2D eigenvalue weighted by molar-refractivity contribution is 5.72. The molecule has 1 aromatic carbocycles. The van der Waals surface area contributed by atoms with E-state index in [4.69, 9.17) is 16.7 Å². The molecule has 5 nitrogen and oxygen atoms in total. The normalized spacial score (nSPS) is 9.62. The Morgan fingerprint density at radius 3 is 2.69 bits per heavy atom. The molecule has 0 bridgehead atoms. The van der Waals surface area contributed by atoms with Crippen molar-refractivity contribution in [3.05, 3.63) is 23.8 Å². The van der Waals surface area contributed by atoms with E-state index in [0.29, 0.717) is 16.9 Å². The third-order valence-corrected chi connectivity index (χ3v) is 1.54. The number of nitrogen functional groups attached to an aromatic ring is 2. The molecule has 0 atom stereocenters. The molecular formula is C8H11N3O2. The van der Waals surface area contributed by atoms with Crippen molar-refractivity contribution in [2.24, 2.45) is 5.84 Å². The first kappa shape index (κ1) is 9.34. The van der Waals surface area contributed by atoms with E-state index in [-0.39, 0.29) is 6.42 Å². The topological polar surface area (TPSA) is 101 Å². The van der Waals surface area contributed by atoms with Crippen LogP contribution in [0.3, 0.4) is 0 Å². The minimum atomic E-state index is -0.895. The number of carboxylic acid groups (broad SMARTS) is 1. The molecule has 13 heavy (non-hydrogen) atoms. The van der Waals surface area contributed by atoms with Crippen LogP contribution < -0.4 is 17.0 Å². The van der Waals surface area contributed by atoms with Crippen molar-refractivity contribution in [1.29, 1.82) is 0 Å². The molecule has 5 heteroatoms. The van der Waals surface area contributed by atoms with Gasteiger partial charge in [0.1, 0.15) is 0 Å². The van der Waals surface area contributed by atoms with Crippen LogP contribution >= 0.6 is 0 Å². The van der Waals surface area contributed by atoms with Crippen molar-refractivity contribution in [3.63, 3.8) is 0 Å². The van der Waals surface area contributed by atoms with Gasteiger partial charge in [-0.05, 0) is 23.8 Å². The van der Waals surface area contributed by atoms with Crippen LogP contribution in [0.25, 0.3) is 0 Å². The van der Waals surface area contributed by atoms with Gasteiger partial charge in [0, 0.05) is 5.69 Å². The first-order chi connectivity index (χ1) is 6.11. The Labute approximate surface area is 75.3 Å². The van der Waals surface area contributed by atoms with Crippen LogP contribution in [0.15, 0.2) is 18.2 Å². The van der Waals surface area contributed by atoms with E-state index in [1.807, 2.05) is 0 Å². The van der Waals surface area contributed by atoms with Gasteiger partial charge in [0.2, 0.25) is 0 Å². The molecule has 0 heterocycles. The van der Waals surface area contributed by atoms with Gasteiger partial charge in [0.15, 0.2) is 0 Å². The molecule has 0 unspecified atom stereocenters. The average molecular weight is 181 g/mol. The molecule has 1 aromatic rings. The number of aliphatic carboxylic acids is 1. The summed E-state index contributed by atoms with van der Waals surface area (Å²) in [6, 6.07) is 4.88. The molecule has 0 saturated carbocycles. The number of hydrogen-bond acceptors (Lipinski definition) is 4. The number of hydrogen-bond donors (Lipinski definition) is 4. The lowest BCUT2D eigenvalue weighted by atomic mass is 10.1. The van der Waals surface area contributed by atoms with E-state index in [1.54, 1.807) is 18.2 Å². The molecule has 1 rings (SSSR count). The summed E-state index contributed by atoms with van der Waals surface area (Å²) in [5.74, 6) is 4.27. The zero-order valence-corrected chi connectivity index (χ0v) is 6.95. The number of nitrogens with two attached hydrogens (primary N) is 2. The van der Waals surface area contributed by atoms with Crippen molar-refractivity contribution in [2.45, 2.75) is 6.42 Å².